The number of hydrogen-bond donors (Lipinski definition) is 0. The molecule has 1 aromatic rings. The summed E-state index contributed by atoms with van der Waals surface area (Å²) in [5.74, 6) is 0.560. The molecule has 0 aliphatic heterocycles. The minimum atomic E-state index is -2.23. The minimum Gasteiger partial charge on any atom is -0.768 e. The number of halogens is 1. The number of hydrogen-bond acceptors (Lipinski definition) is 3. The third-order valence-corrected chi connectivity index (χ3v) is 3.04. The van der Waals surface area contributed by atoms with Gasteiger partial charge in [-0.15, -0.1) is 0 Å². The van der Waals surface area contributed by atoms with Gasteiger partial charge in [0.2, 0.25) is 0 Å². The molecule has 0 fully saturated rings. The van der Waals surface area contributed by atoms with Crippen molar-refractivity contribution in [2.24, 2.45) is 0 Å². The van der Waals surface area contributed by atoms with Crippen LogP contribution in [-0.4, -0.2) is 15.4 Å². The van der Waals surface area contributed by atoms with Crippen LogP contribution in [0.25, 0.3) is 0 Å². The Morgan fingerprint density at radius 1 is 1.57 bits per heavy atom. The van der Waals surface area contributed by atoms with E-state index in [1.165, 1.54) is 6.07 Å². The normalized spacial score (nSPS) is 11.6. The van der Waals surface area contributed by atoms with Crippen LogP contribution >= 0.6 is 15.9 Å². The van der Waals surface area contributed by atoms with E-state index in [1.807, 2.05) is 6.92 Å². The zero-order valence-electron chi connectivity index (χ0n) is 7.95. The molecular weight excluding hydrogens is 279 g/mol. The van der Waals surface area contributed by atoms with E-state index in [0.29, 0.717) is 16.8 Å². The molecule has 0 spiro atoms. The van der Waals surface area contributed by atoms with Crippen LogP contribution in [0.1, 0.15) is 6.92 Å². The molecule has 0 heterocycles. The molecule has 3 nitrogen and oxygen atoms in total. The van der Waals surface area contributed by atoms with Crippen molar-refractivity contribution < 1.29 is 43.1 Å². The van der Waals surface area contributed by atoms with Crippen LogP contribution in [0.2, 0.25) is 0 Å². The molecule has 1 aromatic carbocycles. The van der Waals surface area contributed by atoms with E-state index in [9.17, 15) is 8.76 Å². The second kappa shape index (κ2) is 6.98. The van der Waals surface area contributed by atoms with Gasteiger partial charge in [-0.1, -0.05) is 0 Å². The minimum absolute atomic E-state index is 0. The van der Waals surface area contributed by atoms with Crippen molar-refractivity contribution in [3.05, 3.63) is 22.7 Å². The molecule has 72 valence electrons. The predicted octanol–water partition coefficient (Wildman–Crippen LogP) is -0.910. The zero-order valence-corrected chi connectivity index (χ0v) is 12.4. The molecule has 0 amide bonds. The fraction of sp³-hybridized carbons (Fsp3) is 0.250. The zero-order chi connectivity index (χ0) is 9.84. The van der Waals surface area contributed by atoms with Gasteiger partial charge in [-0.3, -0.25) is 4.21 Å². The molecule has 1 rings (SSSR count). The van der Waals surface area contributed by atoms with Crippen molar-refractivity contribution >= 4 is 27.0 Å². The third-order valence-electron chi connectivity index (χ3n) is 1.39. The van der Waals surface area contributed by atoms with Crippen LogP contribution in [0, 0.1) is 0 Å². The molecule has 0 saturated carbocycles. The van der Waals surface area contributed by atoms with E-state index in [1.54, 1.807) is 12.1 Å². The number of rotatable bonds is 3. The first-order chi connectivity index (χ1) is 6.15. The molecule has 0 aromatic heterocycles. The molecule has 0 saturated heterocycles. The first-order valence-corrected chi connectivity index (χ1v) is 5.53. The fourth-order valence-electron chi connectivity index (χ4n) is 0.868. The van der Waals surface area contributed by atoms with Crippen LogP contribution in [0.3, 0.4) is 0 Å². The van der Waals surface area contributed by atoms with Gasteiger partial charge in [-0.25, -0.2) is 0 Å². The summed E-state index contributed by atoms with van der Waals surface area (Å²) in [5.41, 5.74) is 0. The Hall–Kier alpha value is 0.610. The average Bonchev–Trinajstić information content (AvgIpc) is 2.08. The summed E-state index contributed by atoms with van der Waals surface area (Å²) in [7, 11) is 0. The third kappa shape index (κ3) is 4.00. The number of ether oxygens (including phenoxy) is 1. The molecule has 0 aliphatic carbocycles. The Balaban J connectivity index is 0.00000169. The largest absolute Gasteiger partial charge is 1.00 e. The molecule has 0 aliphatic rings. The van der Waals surface area contributed by atoms with Crippen molar-refractivity contribution in [1.29, 1.82) is 0 Å². The second-order valence-electron chi connectivity index (χ2n) is 2.26. The Labute approximate surface area is 116 Å². The van der Waals surface area contributed by atoms with E-state index in [0.717, 1.165) is 0 Å². The maximum atomic E-state index is 10.7. The number of benzene rings is 1. The maximum absolute atomic E-state index is 10.7. The molecule has 1 atom stereocenters. The van der Waals surface area contributed by atoms with Gasteiger partial charge in [0, 0.05) is 9.37 Å². The van der Waals surface area contributed by atoms with Crippen LogP contribution in [-0.2, 0) is 11.1 Å². The monoisotopic (exact) mass is 286 g/mol. The van der Waals surface area contributed by atoms with Gasteiger partial charge in [-0.05, 0) is 52.1 Å². The van der Waals surface area contributed by atoms with Gasteiger partial charge in [0.15, 0.2) is 0 Å². The van der Waals surface area contributed by atoms with Crippen molar-refractivity contribution in [2.75, 3.05) is 6.61 Å². The van der Waals surface area contributed by atoms with Gasteiger partial charge >= 0.3 is 29.6 Å². The van der Waals surface area contributed by atoms with Crippen molar-refractivity contribution in [2.45, 2.75) is 11.8 Å². The summed E-state index contributed by atoms with van der Waals surface area (Å²) in [4.78, 5) is 0.214. The molecule has 0 bridgehead atoms. The Kier molecular flexibility index (Phi) is 7.28. The smallest absolute Gasteiger partial charge is 0.768 e. The van der Waals surface area contributed by atoms with Crippen molar-refractivity contribution in [1.82, 2.24) is 0 Å². The molecular formula is C8H8BrNaO3S. The Bertz CT molecular complexity index is 332. The first-order valence-electron chi connectivity index (χ1n) is 3.66. The average molecular weight is 287 g/mol. The van der Waals surface area contributed by atoms with Gasteiger partial charge in [0.1, 0.15) is 5.75 Å². The Morgan fingerprint density at radius 3 is 2.71 bits per heavy atom. The summed E-state index contributed by atoms with van der Waals surface area (Å²) in [5, 5.41) is 0. The molecule has 0 N–H and O–H groups in total. The SMILES string of the molecule is CCOc1ccc(Br)c(S(=O)[O-])c1.[Na+]. The topological polar surface area (TPSA) is 49.4 Å². The van der Waals surface area contributed by atoms with Crippen LogP contribution in [0.5, 0.6) is 5.75 Å². The van der Waals surface area contributed by atoms with Gasteiger partial charge < -0.3 is 9.29 Å². The summed E-state index contributed by atoms with van der Waals surface area (Å²) in [6, 6.07) is 4.84. The second-order valence-corrected chi connectivity index (χ2v) is 4.02. The van der Waals surface area contributed by atoms with Gasteiger partial charge in [-0.2, -0.15) is 0 Å². The first kappa shape index (κ1) is 14.6. The summed E-state index contributed by atoms with van der Waals surface area (Å²) in [6.45, 7) is 2.36. The summed E-state index contributed by atoms with van der Waals surface area (Å²) < 4.78 is 27.1. The maximum Gasteiger partial charge on any atom is 1.00 e. The Morgan fingerprint density at radius 2 is 2.21 bits per heavy atom. The molecule has 14 heavy (non-hydrogen) atoms. The fourth-order valence-corrected chi connectivity index (χ4v) is 1.95. The van der Waals surface area contributed by atoms with E-state index in [4.69, 9.17) is 4.74 Å². The van der Waals surface area contributed by atoms with Gasteiger partial charge in [0.25, 0.3) is 0 Å². The van der Waals surface area contributed by atoms with Crippen molar-refractivity contribution in [3.63, 3.8) is 0 Å². The molecule has 0 radical (unpaired) electrons. The van der Waals surface area contributed by atoms with E-state index in [-0.39, 0.29) is 34.5 Å². The summed E-state index contributed by atoms with van der Waals surface area (Å²) in [6.07, 6.45) is 0. The van der Waals surface area contributed by atoms with Gasteiger partial charge in [0.05, 0.1) is 6.61 Å². The summed E-state index contributed by atoms with van der Waals surface area (Å²) >= 11 is 0.902. The molecule has 6 heteroatoms. The quantitative estimate of drug-likeness (QED) is 0.534. The molecule has 1 unspecified atom stereocenters. The van der Waals surface area contributed by atoms with Crippen molar-refractivity contribution in [3.8, 4) is 5.75 Å². The predicted molar refractivity (Wildman–Crippen MR) is 52.5 cm³/mol. The van der Waals surface area contributed by atoms with Crippen LogP contribution < -0.4 is 34.3 Å². The standard InChI is InChI=1S/C8H9BrO3S.Na/c1-2-12-6-3-4-7(9)8(5-6)13(10)11;/h3-5H,2H2,1H3,(H,10,11);/q;+1/p-1. The van der Waals surface area contributed by atoms with Crippen LogP contribution in [0.15, 0.2) is 27.6 Å². The van der Waals surface area contributed by atoms with E-state index < -0.39 is 11.1 Å². The van der Waals surface area contributed by atoms with Crippen LogP contribution in [0.4, 0.5) is 0 Å². The van der Waals surface area contributed by atoms with E-state index >= 15 is 0 Å². The van der Waals surface area contributed by atoms with E-state index in [2.05, 4.69) is 15.9 Å².